The molecular formula is C27H32N4O4. The SMILES string of the molecule is COc1ccc(-c2ccc(N3CCN(C(=O)C(C)Oc4cc(C)ccc4C)CC3)nn2)cc1OC. The van der Waals surface area contributed by atoms with Crippen LogP contribution in [0.4, 0.5) is 5.82 Å². The van der Waals surface area contributed by atoms with E-state index in [0.29, 0.717) is 37.7 Å². The number of aromatic nitrogens is 2. The second kappa shape index (κ2) is 10.6. The van der Waals surface area contributed by atoms with E-state index in [1.807, 2.05) is 74.2 Å². The summed E-state index contributed by atoms with van der Waals surface area (Å²) in [6.45, 7) is 8.41. The Labute approximate surface area is 206 Å². The van der Waals surface area contributed by atoms with Gasteiger partial charge in [0.15, 0.2) is 23.4 Å². The lowest BCUT2D eigenvalue weighted by atomic mass is 10.1. The lowest BCUT2D eigenvalue weighted by molar-refractivity contribution is -0.138. The number of carbonyl (C=O) groups is 1. The van der Waals surface area contributed by atoms with Gasteiger partial charge in [0.2, 0.25) is 0 Å². The van der Waals surface area contributed by atoms with Crippen LogP contribution < -0.4 is 19.1 Å². The number of aryl methyl sites for hydroxylation is 2. The van der Waals surface area contributed by atoms with Gasteiger partial charge in [-0.3, -0.25) is 4.79 Å². The number of rotatable bonds is 7. The second-order valence-corrected chi connectivity index (χ2v) is 8.69. The Bertz CT molecular complexity index is 1170. The summed E-state index contributed by atoms with van der Waals surface area (Å²) in [7, 11) is 3.22. The molecule has 0 N–H and O–H groups in total. The number of amides is 1. The Hall–Kier alpha value is -3.81. The van der Waals surface area contributed by atoms with E-state index in [0.717, 1.165) is 34.0 Å². The van der Waals surface area contributed by atoms with Crippen LogP contribution in [0, 0.1) is 13.8 Å². The summed E-state index contributed by atoms with van der Waals surface area (Å²) in [6.07, 6.45) is -0.539. The number of anilines is 1. The highest BCUT2D eigenvalue weighted by Crippen LogP contribution is 2.31. The fourth-order valence-corrected chi connectivity index (χ4v) is 4.13. The summed E-state index contributed by atoms with van der Waals surface area (Å²) >= 11 is 0. The maximum absolute atomic E-state index is 13.0. The van der Waals surface area contributed by atoms with Crippen LogP contribution in [-0.4, -0.2) is 67.5 Å². The van der Waals surface area contributed by atoms with Crippen LogP contribution in [0.5, 0.6) is 17.2 Å². The van der Waals surface area contributed by atoms with Gasteiger partial charge in [-0.05, 0) is 68.3 Å². The van der Waals surface area contributed by atoms with E-state index in [4.69, 9.17) is 14.2 Å². The zero-order valence-corrected chi connectivity index (χ0v) is 20.9. The summed E-state index contributed by atoms with van der Waals surface area (Å²) in [6, 6.07) is 15.6. The highest BCUT2D eigenvalue weighted by atomic mass is 16.5. The van der Waals surface area contributed by atoms with Gasteiger partial charge in [0, 0.05) is 31.7 Å². The van der Waals surface area contributed by atoms with Gasteiger partial charge in [-0.15, -0.1) is 10.2 Å². The van der Waals surface area contributed by atoms with Gasteiger partial charge in [0.05, 0.1) is 19.9 Å². The number of nitrogens with zero attached hydrogens (tertiary/aromatic N) is 4. The quantitative estimate of drug-likeness (QED) is 0.512. The number of ether oxygens (including phenoxy) is 3. The van der Waals surface area contributed by atoms with Gasteiger partial charge in [-0.1, -0.05) is 12.1 Å². The Balaban J connectivity index is 1.35. The molecule has 0 spiro atoms. The largest absolute Gasteiger partial charge is 0.493 e. The molecule has 1 aromatic heterocycles. The van der Waals surface area contributed by atoms with Crippen LogP contribution in [0.25, 0.3) is 11.3 Å². The van der Waals surface area contributed by atoms with E-state index in [1.54, 1.807) is 14.2 Å². The van der Waals surface area contributed by atoms with Gasteiger partial charge >= 0.3 is 0 Å². The molecule has 1 amide bonds. The minimum Gasteiger partial charge on any atom is -0.493 e. The van der Waals surface area contributed by atoms with Crippen molar-refractivity contribution in [1.82, 2.24) is 15.1 Å². The number of piperazine rings is 1. The standard InChI is InChI=1S/C27H32N4O4/c1-18-6-7-19(2)24(16-18)35-20(3)27(32)31-14-12-30(13-15-31)26-11-9-22(28-29-26)21-8-10-23(33-4)25(17-21)34-5/h6-11,16-17,20H,12-15H2,1-5H3. The van der Waals surface area contributed by atoms with Gasteiger partial charge in [0.1, 0.15) is 5.75 Å². The van der Waals surface area contributed by atoms with Crippen molar-refractivity contribution in [2.75, 3.05) is 45.3 Å². The smallest absolute Gasteiger partial charge is 0.263 e. The number of hydrogen-bond donors (Lipinski definition) is 0. The molecule has 3 aromatic rings. The molecule has 184 valence electrons. The molecule has 0 bridgehead atoms. The number of hydrogen-bond acceptors (Lipinski definition) is 7. The fraction of sp³-hybridized carbons (Fsp3) is 0.370. The van der Waals surface area contributed by atoms with Crippen LogP contribution >= 0.6 is 0 Å². The lowest BCUT2D eigenvalue weighted by Gasteiger charge is -2.36. The highest BCUT2D eigenvalue weighted by molar-refractivity contribution is 5.81. The molecule has 1 atom stereocenters. The minimum atomic E-state index is -0.539. The number of methoxy groups -OCH3 is 2. The summed E-state index contributed by atoms with van der Waals surface area (Å²) < 4.78 is 16.7. The third-order valence-electron chi connectivity index (χ3n) is 6.24. The van der Waals surface area contributed by atoms with Gasteiger partial charge < -0.3 is 24.0 Å². The Kier molecular flexibility index (Phi) is 7.39. The molecule has 2 aromatic carbocycles. The molecule has 4 rings (SSSR count). The summed E-state index contributed by atoms with van der Waals surface area (Å²) in [5, 5.41) is 8.84. The first kappa shape index (κ1) is 24.3. The predicted molar refractivity (Wildman–Crippen MR) is 135 cm³/mol. The first-order valence-corrected chi connectivity index (χ1v) is 11.7. The molecule has 0 aliphatic carbocycles. The van der Waals surface area contributed by atoms with E-state index >= 15 is 0 Å². The highest BCUT2D eigenvalue weighted by Gasteiger charge is 2.27. The van der Waals surface area contributed by atoms with Crippen molar-refractivity contribution in [2.45, 2.75) is 26.9 Å². The molecule has 0 saturated carbocycles. The Morgan fingerprint density at radius 1 is 0.857 bits per heavy atom. The molecule has 1 unspecified atom stereocenters. The van der Waals surface area contributed by atoms with Crippen molar-refractivity contribution in [3.8, 4) is 28.5 Å². The van der Waals surface area contributed by atoms with Crippen LogP contribution in [0.1, 0.15) is 18.1 Å². The molecule has 1 aliphatic rings. The average molecular weight is 477 g/mol. The van der Waals surface area contributed by atoms with Crippen LogP contribution in [0.2, 0.25) is 0 Å². The monoisotopic (exact) mass is 476 g/mol. The van der Waals surface area contributed by atoms with E-state index < -0.39 is 6.10 Å². The molecule has 8 nitrogen and oxygen atoms in total. The van der Waals surface area contributed by atoms with E-state index in [9.17, 15) is 4.79 Å². The van der Waals surface area contributed by atoms with Crippen molar-refractivity contribution >= 4 is 11.7 Å². The minimum absolute atomic E-state index is 0.000409. The zero-order chi connectivity index (χ0) is 24.9. The molecule has 1 aliphatic heterocycles. The normalized spacial score (nSPS) is 14.4. The number of benzene rings is 2. The first-order valence-electron chi connectivity index (χ1n) is 11.7. The van der Waals surface area contributed by atoms with Crippen molar-refractivity contribution in [2.24, 2.45) is 0 Å². The molecule has 35 heavy (non-hydrogen) atoms. The third kappa shape index (κ3) is 5.48. The molecule has 2 heterocycles. The Morgan fingerprint density at radius 2 is 1.60 bits per heavy atom. The first-order chi connectivity index (χ1) is 16.9. The molecule has 8 heteroatoms. The van der Waals surface area contributed by atoms with Crippen LogP contribution in [0.3, 0.4) is 0 Å². The van der Waals surface area contributed by atoms with Crippen molar-refractivity contribution < 1.29 is 19.0 Å². The van der Waals surface area contributed by atoms with Crippen LogP contribution in [-0.2, 0) is 4.79 Å². The lowest BCUT2D eigenvalue weighted by Crippen LogP contribution is -2.52. The summed E-state index contributed by atoms with van der Waals surface area (Å²) in [5.74, 6) is 2.87. The third-order valence-corrected chi connectivity index (χ3v) is 6.24. The molecular weight excluding hydrogens is 444 g/mol. The predicted octanol–water partition coefficient (Wildman–Crippen LogP) is 3.89. The maximum atomic E-state index is 13.0. The second-order valence-electron chi connectivity index (χ2n) is 8.69. The molecule has 1 saturated heterocycles. The van der Waals surface area contributed by atoms with E-state index in [-0.39, 0.29) is 5.91 Å². The summed E-state index contributed by atoms with van der Waals surface area (Å²) in [5.41, 5.74) is 3.78. The molecule has 1 fully saturated rings. The topological polar surface area (TPSA) is 77.0 Å². The van der Waals surface area contributed by atoms with Gasteiger partial charge in [0.25, 0.3) is 5.91 Å². The van der Waals surface area contributed by atoms with E-state index in [1.165, 1.54) is 0 Å². The number of carbonyl (C=O) groups excluding carboxylic acids is 1. The van der Waals surface area contributed by atoms with Crippen LogP contribution in [0.15, 0.2) is 48.5 Å². The fourth-order valence-electron chi connectivity index (χ4n) is 4.13. The molecule has 0 radical (unpaired) electrons. The van der Waals surface area contributed by atoms with Crippen molar-refractivity contribution in [3.05, 3.63) is 59.7 Å². The van der Waals surface area contributed by atoms with Gasteiger partial charge in [-0.25, -0.2) is 0 Å². The zero-order valence-electron chi connectivity index (χ0n) is 20.9. The van der Waals surface area contributed by atoms with E-state index in [2.05, 4.69) is 15.1 Å². The van der Waals surface area contributed by atoms with Crippen molar-refractivity contribution in [1.29, 1.82) is 0 Å². The maximum Gasteiger partial charge on any atom is 0.263 e. The summed E-state index contributed by atoms with van der Waals surface area (Å²) in [4.78, 5) is 17.0. The Morgan fingerprint density at radius 3 is 2.26 bits per heavy atom. The van der Waals surface area contributed by atoms with Crippen molar-refractivity contribution in [3.63, 3.8) is 0 Å². The van der Waals surface area contributed by atoms with Gasteiger partial charge in [-0.2, -0.15) is 0 Å². The average Bonchev–Trinajstić information content (AvgIpc) is 2.90.